The molecule has 0 unspecified atom stereocenters. The summed E-state index contributed by atoms with van der Waals surface area (Å²) in [7, 11) is 0. The first-order chi connectivity index (χ1) is 7.83. The van der Waals surface area contributed by atoms with E-state index in [4.69, 9.17) is 4.74 Å². The van der Waals surface area contributed by atoms with Crippen LogP contribution in [0.2, 0.25) is 4.47 Å². The Kier molecular flexibility index (Phi) is 7.29. The molecule has 16 heavy (non-hydrogen) atoms. The Balaban J connectivity index is 2.02. The molecule has 1 aromatic carbocycles. The van der Waals surface area contributed by atoms with E-state index in [1.807, 2.05) is 6.92 Å². The Morgan fingerprint density at radius 2 is 2.00 bits per heavy atom. The third-order valence-electron chi connectivity index (χ3n) is 2.09. The minimum absolute atomic E-state index is 0.0418. The number of ether oxygens (including phenoxy) is 1. The fraction of sp³-hybridized carbons (Fsp3) is 0.462. The average Bonchev–Trinajstić information content (AvgIpc) is 2.30. The van der Waals surface area contributed by atoms with E-state index in [0.717, 1.165) is 12.8 Å². The van der Waals surface area contributed by atoms with E-state index in [-0.39, 0.29) is 26.9 Å². The topological polar surface area (TPSA) is 26.3 Å². The number of hydrogen-bond donors (Lipinski definition) is 0. The van der Waals surface area contributed by atoms with Crippen LogP contribution in [0.15, 0.2) is 30.3 Å². The first kappa shape index (κ1) is 13.5. The normalized spacial score (nSPS) is 10.1. The molecule has 1 rings (SSSR count). The van der Waals surface area contributed by atoms with Crippen molar-refractivity contribution in [3.63, 3.8) is 0 Å². The molecule has 0 aliphatic heterocycles. The Morgan fingerprint density at radius 3 is 2.69 bits per heavy atom. The van der Waals surface area contributed by atoms with E-state index in [1.54, 1.807) is 0 Å². The Labute approximate surface area is 107 Å². The van der Waals surface area contributed by atoms with E-state index in [1.165, 1.54) is 8.08 Å². The van der Waals surface area contributed by atoms with Gasteiger partial charge < -0.3 is 0 Å². The summed E-state index contributed by atoms with van der Waals surface area (Å²) in [5.74, 6) is -0.0530. The fourth-order valence-corrected chi connectivity index (χ4v) is 3.98. The fourth-order valence-electron chi connectivity index (χ4n) is 1.31. The van der Waals surface area contributed by atoms with Crippen LogP contribution in [0, 0.1) is 0 Å². The van der Waals surface area contributed by atoms with Crippen molar-refractivity contribution in [2.75, 3.05) is 6.61 Å². The van der Waals surface area contributed by atoms with Crippen molar-refractivity contribution in [1.29, 1.82) is 0 Å². The summed E-state index contributed by atoms with van der Waals surface area (Å²) < 4.78 is 7.65. The van der Waals surface area contributed by atoms with Gasteiger partial charge in [0.05, 0.1) is 0 Å². The summed E-state index contributed by atoms with van der Waals surface area (Å²) >= 11 is -0.0418. The molecule has 0 aromatic heterocycles. The molecule has 0 amide bonds. The first-order valence-electron chi connectivity index (χ1n) is 5.66. The zero-order valence-corrected chi connectivity index (χ0v) is 12.0. The molecule has 0 spiro atoms. The first-order valence-corrected chi connectivity index (χ1v) is 8.47. The van der Waals surface area contributed by atoms with Crippen molar-refractivity contribution in [3.05, 3.63) is 30.3 Å². The van der Waals surface area contributed by atoms with Gasteiger partial charge in [0, 0.05) is 0 Å². The number of esters is 1. The molecule has 2 nitrogen and oxygen atoms in total. The van der Waals surface area contributed by atoms with Gasteiger partial charge >= 0.3 is 108 Å². The second kappa shape index (κ2) is 8.61. The van der Waals surface area contributed by atoms with Crippen molar-refractivity contribution < 1.29 is 9.53 Å². The molecule has 0 fully saturated rings. The van der Waals surface area contributed by atoms with Gasteiger partial charge in [-0.2, -0.15) is 0 Å². The molecule has 0 N–H and O–H groups in total. The van der Waals surface area contributed by atoms with E-state index in [0.29, 0.717) is 13.0 Å². The molecule has 0 heterocycles. The third-order valence-corrected chi connectivity index (χ3v) is 5.23. The quantitative estimate of drug-likeness (QED) is 0.434. The standard InChI is InChI=1S/C13H18O2Te/c1-2-15-13(14)10-6-7-11-16-12-8-4-3-5-9-12/h3-5,8-9H,2,6-7,10-11H2,1H3. The van der Waals surface area contributed by atoms with Crippen LogP contribution in [0.3, 0.4) is 0 Å². The van der Waals surface area contributed by atoms with Crippen LogP contribution >= 0.6 is 0 Å². The number of benzene rings is 1. The van der Waals surface area contributed by atoms with Crippen molar-refractivity contribution in [3.8, 4) is 0 Å². The molecule has 0 saturated carbocycles. The molecule has 0 bridgehead atoms. The molecule has 1 aromatic rings. The molecule has 0 atom stereocenters. The molecular formula is C13H18O2Te. The molecular weight excluding hydrogens is 316 g/mol. The predicted octanol–water partition coefficient (Wildman–Crippen LogP) is 2.17. The summed E-state index contributed by atoms with van der Waals surface area (Å²) in [4.78, 5) is 11.1. The van der Waals surface area contributed by atoms with Crippen LogP contribution in [0.4, 0.5) is 0 Å². The molecule has 0 radical (unpaired) electrons. The summed E-state index contributed by atoms with van der Waals surface area (Å²) in [5.41, 5.74) is 0. The third kappa shape index (κ3) is 6.15. The van der Waals surface area contributed by atoms with Gasteiger partial charge in [-0.3, -0.25) is 0 Å². The maximum atomic E-state index is 11.1. The molecule has 88 valence electrons. The second-order valence-corrected chi connectivity index (χ2v) is 6.76. The molecule has 3 heteroatoms. The maximum absolute atomic E-state index is 11.1. The van der Waals surface area contributed by atoms with Crippen LogP contribution in [0.1, 0.15) is 26.2 Å². The molecule has 0 aliphatic carbocycles. The summed E-state index contributed by atoms with van der Waals surface area (Å²) in [6.45, 7) is 2.34. The molecule has 0 aliphatic rings. The minimum atomic E-state index is -0.0530. The van der Waals surface area contributed by atoms with Crippen LogP contribution in [-0.4, -0.2) is 33.5 Å². The second-order valence-electron chi connectivity index (χ2n) is 3.42. The summed E-state index contributed by atoms with van der Waals surface area (Å²) in [6, 6.07) is 10.6. The Hall–Kier alpha value is -0.520. The van der Waals surface area contributed by atoms with Crippen molar-refractivity contribution in [2.45, 2.75) is 30.7 Å². The summed E-state index contributed by atoms with van der Waals surface area (Å²) in [6.07, 6.45) is 2.70. The number of rotatable bonds is 7. The zero-order chi connectivity index (χ0) is 11.6. The predicted molar refractivity (Wildman–Crippen MR) is 67.1 cm³/mol. The Morgan fingerprint density at radius 1 is 1.25 bits per heavy atom. The van der Waals surface area contributed by atoms with E-state index in [9.17, 15) is 4.79 Å². The van der Waals surface area contributed by atoms with Crippen LogP contribution in [0.5, 0.6) is 0 Å². The van der Waals surface area contributed by atoms with Crippen molar-refractivity contribution in [2.24, 2.45) is 0 Å². The SMILES string of the molecule is CCOC(=O)CCCC[Te]c1ccccc1. The number of hydrogen-bond acceptors (Lipinski definition) is 2. The number of carbonyl (C=O) groups is 1. The Bertz CT molecular complexity index is 298. The van der Waals surface area contributed by atoms with Crippen LogP contribution in [0.25, 0.3) is 0 Å². The van der Waals surface area contributed by atoms with Gasteiger partial charge in [0.15, 0.2) is 0 Å². The molecule has 0 saturated heterocycles. The number of unbranched alkanes of at least 4 members (excludes halogenated alkanes) is 1. The average molecular weight is 334 g/mol. The van der Waals surface area contributed by atoms with Crippen LogP contribution < -0.4 is 3.61 Å². The van der Waals surface area contributed by atoms with Crippen LogP contribution in [-0.2, 0) is 9.53 Å². The summed E-state index contributed by atoms with van der Waals surface area (Å²) in [5, 5.41) is 0. The van der Waals surface area contributed by atoms with Crippen molar-refractivity contribution >= 4 is 30.5 Å². The van der Waals surface area contributed by atoms with E-state index < -0.39 is 0 Å². The van der Waals surface area contributed by atoms with Gasteiger partial charge in [0.25, 0.3) is 0 Å². The van der Waals surface area contributed by atoms with Gasteiger partial charge in [-0.15, -0.1) is 0 Å². The monoisotopic (exact) mass is 336 g/mol. The van der Waals surface area contributed by atoms with Gasteiger partial charge in [-0.1, -0.05) is 0 Å². The van der Waals surface area contributed by atoms with Crippen molar-refractivity contribution in [1.82, 2.24) is 0 Å². The number of carbonyl (C=O) groups excluding carboxylic acids is 1. The van der Waals surface area contributed by atoms with Gasteiger partial charge in [0.1, 0.15) is 0 Å². The van der Waals surface area contributed by atoms with E-state index in [2.05, 4.69) is 30.3 Å². The van der Waals surface area contributed by atoms with Gasteiger partial charge in [-0.05, 0) is 0 Å². The zero-order valence-electron chi connectivity index (χ0n) is 9.65. The van der Waals surface area contributed by atoms with E-state index >= 15 is 0 Å². The van der Waals surface area contributed by atoms with Gasteiger partial charge in [-0.25, -0.2) is 0 Å². The van der Waals surface area contributed by atoms with Gasteiger partial charge in [0.2, 0.25) is 0 Å².